The first-order chi connectivity index (χ1) is 12.2. The van der Waals surface area contributed by atoms with Gasteiger partial charge in [-0.1, -0.05) is 29.8 Å². The fourth-order valence-electron chi connectivity index (χ4n) is 2.06. The molecule has 4 N–H and O–H groups in total. The van der Waals surface area contributed by atoms with Gasteiger partial charge in [0.1, 0.15) is 17.8 Å². The van der Waals surface area contributed by atoms with Crippen LogP contribution in [0.3, 0.4) is 0 Å². The lowest BCUT2D eigenvalue weighted by Crippen LogP contribution is -2.34. The van der Waals surface area contributed by atoms with E-state index in [9.17, 15) is 23.4 Å². The first-order valence-electron chi connectivity index (χ1n) is 7.87. The van der Waals surface area contributed by atoms with Crippen LogP contribution in [0.5, 0.6) is 11.5 Å². The molecule has 2 aromatic rings. The van der Waals surface area contributed by atoms with Gasteiger partial charge in [0.25, 0.3) is 10.2 Å². The highest BCUT2D eigenvalue weighted by Gasteiger charge is 2.05. The van der Waals surface area contributed by atoms with E-state index in [0.29, 0.717) is 24.2 Å². The summed E-state index contributed by atoms with van der Waals surface area (Å²) < 4.78 is 24.7. The van der Waals surface area contributed by atoms with Crippen molar-refractivity contribution in [3.05, 3.63) is 58.7 Å². The second-order valence-electron chi connectivity index (χ2n) is 5.65. The third-order valence-electron chi connectivity index (χ3n) is 3.53. The Labute approximate surface area is 153 Å². The molecule has 7 nitrogen and oxygen atoms in total. The number of aromatic hydroxyl groups is 2. The number of hydrogen-bond acceptors (Lipinski definition) is 5. The summed E-state index contributed by atoms with van der Waals surface area (Å²) in [5.74, 6) is 0.602. The molecular weight excluding hydrogens is 356 g/mol. The van der Waals surface area contributed by atoms with Crippen molar-refractivity contribution in [1.29, 1.82) is 0 Å². The van der Waals surface area contributed by atoms with Crippen LogP contribution in [0, 0.1) is 13.8 Å². The lowest BCUT2D eigenvalue weighted by molar-refractivity contribution is -0.106. The van der Waals surface area contributed by atoms with E-state index in [4.69, 9.17) is 0 Å². The number of carbonyl (C=O) groups excluding carboxylic acids is 1. The lowest BCUT2D eigenvalue weighted by Gasteiger charge is -2.07. The normalized spacial score (nSPS) is 10.7. The van der Waals surface area contributed by atoms with Crippen LogP contribution in [0.4, 0.5) is 0 Å². The highest BCUT2D eigenvalue weighted by atomic mass is 32.2. The van der Waals surface area contributed by atoms with Gasteiger partial charge in [0.15, 0.2) is 0 Å². The molecule has 0 saturated heterocycles. The Balaban J connectivity index is 0.000000321. The fraction of sp³-hybridized carbons (Fsp3) is 0.278. The molecular formula is C18H24N2O5S. The Morgan fingerprint density at radius 3 is 2.31 bits per heavy atom. The summed E-state index contributed by atoms with van der Waals surface area (Å²) in [6, 6.07) is 11.2. The van der Waals surface area contributed by atoms with Gasteiger partial charge in [-0.25, -0.2) is 4.72 Å². The van der Waals surface area contributed by atoms with Gasteiger partial charge in [0.05, 0.1) is 6.54 Å². The third-order valence-corrected chi connectivity index (χ3v) is 4.61. The zero-order chi connectivity index (χ0) is 19.7. The molecule has 0 bridgehead atoms. The molecule has 26 heavy (non-hydrogen) atoms. The SMILES string of the molecule is CNS(=O)(=O)NCC=O.Cc1ccc(O)c(Cc2ccc(C)c(O)c2)c1. The van der Waals surface area contributed by atoms with E-state index in [-0.39, 0.29) is 6.54 Å². The molecule has 0 aliphatic carbocycles. The van der Waals surface area contributed by atoms with Crippen LogP contribution >= 0.6 is 0 Å². The zero-order valence-electron chi connectivity index (χ0n) is 15.0. The number of aldehydes is 1. The van der Waals surface area contributed by atoms with Crippen molar-refractivity contribution < 1.29 is 23.4 Å². The first kappa shape index (κ1) is 21.6. The first-order valence-corrected chi connectivity index (χ1v) is 9.35. The third kappa shape index (κ3) is 7.22. The number of hydrogen-bond donors (Lipinski definition) is 4. The molecule has 0 heterocycles. The van der Waals surface area contributed by atoms with Crippen molar-refractivity contribution >= 4 is 16.5 Å². The summed E-state index contributed by atoms with van der Waals surface area (Å²) in [5.41, 5.74) is 3.86. The molecule has 0 unspecified atom stereocenters. The van der Waals surface area contributed by atoms with Crippen molar-refractivity contribution in [1.82, 2.24) is 9.44 Å². The molecule has 0 radical (unpaired) electrons. The number of phenolic OH excluding ortho intramolecular Hbond substituents is 2. The molecule has 142 valence electrons. The van der Waals surface area contributed by atoms with Crippen molar-refractivity contribution in [3.8, 4) is 11.5 Å². The average Bonchev–Trinajstić information content (AvgIpc) is 2.60. The Morgan fingerprint density at radius 2 is 1.73 bits per heavy atom. The minimum Gasteiger partial charge on any atom is -0.508 e. The van der Waals surface area contributed by atoms with Gasteiger partial charge in [-0.05, 0) is 42.7 Å². The molecule has 0 aromatic heterocycles. The summed E-state index contributed by atoms with van der Waals surface area (Å²) >= 11 is 0. The Bertz CT molecular complexity index is 851. The smallest absolute Gasteiger partial charge is 0.277 e. The van der Waals surface area contributed by atoms with Gasteiger partial charge in [-0.3, -0.25) is 0 Å². The molecule has 8 heteroatoms. The monoisotopic (exact) mass is 380 g/mol. The maximum atomic E-state index is 10.4. The van der Waals surface area contributed by atoms with E-state index < -0.39 is 10.2 Å². The van der Waals surface area contributed by atoms with E-state index in [1.54, 1.807) is 12.1 Å². The molecule has 2 rings (SSSR count). The van der Waals surface area contributed by atoms with Crippen LogP contribution in [0.15, 0.2) is 36.4 Å². The Morgan fingerprint density at radius 1 is 1.04 bits per heavy atom. The maximum absolute atomic E-state index is 10.4. The molecule has 0 amide bonds. The van der Waals surface area contributed by atoms with Crippen LogP contribution in [0.25, 0.3) is 0 Å². The Kier molecular flexibility index (Phi) is 8.24. The van der Waals surface area contributed by atoms with Crippen LogP contribution in [0.1, 0.15) is 22.3 Å². The van der Waals surface area contributed by atoms with E-state index in [2.05, 4.69) is 0 Å². The molecule has 0 aliphatic rings. The largest absolute Gasteiger partial charge is 0.508 e. The van der Waals surface area contributed by atoms with Crippen LogP contribution in [0.2, 0.25) is 0 Å². The highest BCUT2D eigenvalue weighted by Crippen LogP contribution is 2.24. The summed E-state index contributed by atoms with van der Waals surface area (Å²) in [6.07, 6.45) is 1.09. The summed E-state index contributed by atoms with van der Waals surface area (Å²) in [4.78, 5) is 9.61. The molecule has 2 aromatic carbocycles. The van der Waals surface area contributed by atoms with Crippen molar-refractivity contribution in [2.24, 2.45) is 0 Å². The van der Waals surface area contributed by atoms with Crippen LogP contribution in [-0.2, 0) is 21.4 Å². The number of nitrogens with one attached hydrogen (secondary N) is 2. The quantitative estimate of drug-likeness (QED) is 0.568. The summed E-state index contributed by atoms with van der Waals surface area (Å²) in [6.45, 7) is 3.67. The molecule has 0 aliphatic heterocycles. The van der Waals surface area contributed by atoms with Gasteiger partial charge in [0, 0.05) is 13.5 Å². The van der Waals surface area contributed by atoms with Crippen molar-refractivity contribution in [2.75, 3.05) is 13.6 Å². The minimum absolute atomic E-state index is 0.191. The van der Waals surface area contributed by atoms with Crippen molar-refractivity contribution in [3.63, 3.8) is 0 Å². The number of phenols is 2. The predicted octanol–water partition coefficient (Wildman–Crippen LogP) is 1.54. The minimum atomic E-state index is -3.41. The fourth-order valence-corrected chi connectivity index (χ4v) is 2.49. The second kappa shape index (κ2) is 9.91. The average molecular weight is 380 g/mol. The highest BCUT2D eigenvalue weighted by molar-refractivity contribution is 7.87. The van der Waals surface area contributed by atoms with Gasteiger partial charge < -0.3 is 15.0 Å². The predicted molar refractivity (Wildman–Crippen MR) is 101 cm³/mol. The molecule has 0 atom stereocenters. The Hall–Kier alpha value is -2.42. The lowest BCUT2D eigenvalue weighted by atomic mass is 10.0. The molecule has 0 fully saturated rings. The second-order valence-corrected chi connectivity index (χ2v) is 7.36. The van der Waals surface area contributed by atoms with E-state index in [1.165, 1.54) is 7.05 Å². The number of aryl methyl sites for hydroxylation is 2. The molecule has 0 saturated carbocycles. The summed E-state index contributed by atoms with van der Waals surface area (Å²) in [7, 11) is -2.16. The maximum Gasteiger partial charge on any atom is 0.277 e. The van der Waals surface area contributed by atoms with Crippen LogP contribution < -0.4 is 9.44 Å². The summed E-state index contributed by atoms with van der Waals surface area (Å²) in [5, 5.41) is 19.4. The van der Waals surface area contributed by atoms with E-state index in [1.807, 2.05) is 47.6 Å². The zero-order valence-corrected chi connectivity index (χ0v) is 15.8. The number of benzene rings is 2. The van der Waals surface area contributed by atoms with Gasteiger partial charge in [-0.15, -0.1) is 0 Å². The van der Waals surface area contributed by atoms with Gasteiger partial charge in [0.2, 0.25) is 0 Å². The van der Waals surface area contributed by atoms with Crippen molar-refractivity contribution in [2.45, 2.75) is 20.3 Å². The standard InChI is InChI=1S/C15H16O2.C3H8N2O3S/c1-10-3-6-14(16)13(7-10)8-12-5-4-11(2)15(17)9-12;1-4-9(7,8)5-2-3-6/h3-7,9,16-17H,8H2,1-2H3;3-5H,2H2,1H3. The number of rotatable bonds is 6. The van der Waals surface area contributed by atoms with E-state index >= 15 is 0 Å². The van der Waals surface area contributed by atoms with Gasteiger partial charge >= 0.3 is 0 Å². The number of carbonyl (C=O) groups is 1. The van der Waals surface area contributed by atoms with E-state index in [0.717, 1.165) is 22.3 Å². The topological polar surface area (TPSA) is 116 Å². The van der Waals surface area contributed by atoms with Gasteiger partial charge in [-0.2, -0.15) is 13.1 Å². The van der Waals surface area contributed by atoms with Crippen LogP contribution in [-0.4, -0.2) is 38.5 Å². The molecule has 0 spiro atoms.